The minimum Gasteiger partial charge on any atom is -0.310 e. The minimum absolute atomic E-state index is 0.0156. The van der Waals surface area contributed by atoms with Crippen LogP contribution in [-0.4, -0.2) is 15.0 Å². The van der Waals surface area contributed by atoms with E-state index in [-0.39, 0.29) is 16.2 Å². The Morgan fingerprint density at radius 3 is 1.04 bits per heavy atom. The van der Waals surface area contributed by atoms with Crippen LogP contribution in [0.4, 0.5) is 51.2 Å². The molecule has 5 aliphatic rings. The molecule has 29 rings (SSSR count). The molecule has 3 aromatic heterocycles. The summed E-state index contributed by atoms with van der Waals surface area (Å²) >= 11 is 0. The topological polar surface area (TPSA) is 48.4 Å². The summed E-state index contributed by atoms with van der Waals surface area (Å²) in [4.78, 5) is 22.2. The normalized spacial score (nSPS) is 13.6. The maximum absolute atomic E-state index is 5.02. The average molecular weight is 1900 g/mol. The molecule has 24 aromatic rings. The third kappa shape index (κ3) is 13.9. The van der Waals surface area contributed by atoms with Crippen LogP contribution in [0.1, 0.15) is 122 Å². The summed E-state index contributed by atoms with van der Waals surface area (Å²) in [7, 11) is 0. The summed E-state index contributed by atoms with van der Waals surface area (Å²) in [6.45, 7) is 18.7. The summed E-state index contributed by atoms with van der Waals surface area (Å²) < 4.78 is 0. The van der Waals surface area contributed by atoms with Gasteiger partial charge in [0.2, 0.25) is 0 Å². The zero-order valence-electron chi connectivity index (χ0n) is 84.0. The Balaban J connectivity index is 0.000000113. The molecule has 0 bridgehead atoms. The molecule has 4 heterocycles. The summed E-state index contributed by atoms with van der Waals surface area (Å²) in [5.74, 6) is 0. The van der Waals surface area contributed by atoms with Crippen molar-refractivity contribution in [2.75, 3.05) is 14.7 Å². The van der Waals surface area contributed by atoms with Gasteiger partial charge in [0.1, 0.15) is 0 Å². The van der Waals surface area contributed by atoms with Crippen LogP contribution in [0.3, 0.4) is 0 Å². The predicted molar refractivity (Wildman–Crippen MR) is 620 cm³/mol. The van der Waals surface area contributed by atoms with E-state index in [2.05, 4.69) is 531 Å². The molecule has 0 atom stereocenters. The number of hydrogen-bond donors (Lipinski definition) is 0. The van der Waals surface area contributed by atoms with Gasteiger partial charge in [-0.2, -0.15) is 0 Å². The third-order valence-corrected chi connectivity index (χ3v) is 32.2. The second kappa shape index (κ2) is 34.7. The molecular weight excluding hydrogens is 1790 g/mol. The Hall–Kier alpha value is -18.0. The molecule has 0 amide bonds. The Morgan fingerprint density at radius 1 is 0.209 bits per heavy atom. The lowest BCUT2D eigenvalue weighted by molar-refractivity contribution is 0.586. The van der Waals surface area contributed by atoms with Crippen LogP contribution in [0.15, 0.2) is 498 Å². The molecule has 1 aliphatic heterocycles. The highest BCUT2D eigenvalue weighted by Crippen LogP contribution is 2.68. The van der Waals surface area contributed by atoms with E-state index in [9.17, 15) is 0 Å². The molecule has 6 nitrogen and oxygen atoms in total. The second-order valence-electron chi connectivity index (χ2n) is 42.8. The number of anilines is 9. The molecule has 0 saturated heterocycles. The zero-order chi connectivity index (χ0) is 99.5. The SMILES string of the molecule is CC(C)(C)c1ccc2c(c1)C1(c3ccccc3-c3ccc(N(c4ccc(-c5ccccc5)cc4)c4cccc5ccc6cccnc6c45)cc31)c1cc(C(C)(C)C)ccc1-2.CC1(C)c2ccccc2N(c2cccc3ccc4cccnc4c23)c2ccc(-c3ccccc3)cc21.c1ccc(-c2ccc(N(c3cccc4c3-c3ccccc3C43c4ccccc4-c4ccccc43)c3cccc4ccc5cccnc5c34)cc2)cc1. The van der Waals surface area contributed by atoms with Gasteiger partial charge >= 0.3 is 0 Å². The van der Waals surface area contributed by atoms with E-state index >= 15 is 0 Å². The second-order valence-corrected chi connectivity index (χ2v) is 42.8. The third-order valence-electron chi connectivity index (χ3n) is 32.2. The van der Waals surface area contributed by atoms with Crippen molar-refractivity contribution in [3.8, 4) is 77.9 Å². The van der Waals surface area contributed by atoms with Crippen molar-refractivity contribution < 1.29 is 0 Å². The molecule has 2 spiro atoms. The number of fused-ring (bicyclic) bond motifs is 31. The van der Waals surface area contributed by atoms with Gasteiger partial charge in [-0.3, -0.25) is 15.0 Å². The summed E-state index contributed by atoms with van der Waals surface area (Å²) in [6.07, 6.45) is 5.72. The highest BCUT2D eigenvalue weighted by Gasteiger charge is 2.55. The number of benzene rings is 21. The number of pyridine rings is 3. The monoisotopic (exact) mass is 1890 g/mol. The van der Waals surface area contributed by atoms with Gasteiger partial charge in [-0.05, 0) is 263 Å². The number of aromatic nitrogens is 3. The van der Waals surface area contributed by atoms with Gasteiger partial charge < -0.3 is 14.7 Å². The van der Waals surface area contributed by atoms with Gasteiger partial charge in [-0.1, -0.05) is 438 Å². The number of para-hydroxylation sites is 1. The average Bonchev–Trinajstić information content (AvgIpc) is 1.50. The van der Waals surface area contributed by atoms with Crippen LogP contribution in [0.5, 0.6) is 0 Å². The van der Waals surface area contributed by atoms with Gasteiger partial charge in [-0.15, -0.1) is 0 Å². The molecule has 0 N–H and O–H groups in total. The lowest BCUT2D eigenvalue weighted by atomic mass is 9.68. The highest BCUT2D eigenvalue weighted by molar-refractivity contribution is 6.18. The van der Waals surface area contributed by atoms with E-state index in [0.29, 0.717) is 0 Å². The Kier molecular flexibility index (Phi) is 20.8. The van der Waals surface area contributed by atoms with Crippen molar-refractivity contribution >= 4 is 116 Å². The van der Waals surface area contributed by atoms with Crippen molar-refractivity contribution in [1.82, 2.24) is 15.0 Å². The number of hydrogen-bond acceptors (Lipinski definition) is 6. The first-order valence-corrected chi connectivity index (χ1v) is 51.7. The first-order valence-electron chi connectivity index (χ1n) is 51.7. The molecule has 148 heavy (non-hydrogen) atoms. The summed E-state index contributed by atoms with van der Waals surface area (Å²) in [5, 5.41) is 10.4. The van der Waals surface area contributed by atoms with Gasteiger partial charge in [-0.25, -0.2) is 0 Å². The van der Waals surface area contributed by atoms with E-state index < -0.39 is 10.8 Å². The van der Waals surface area contributed by atoms with E-state index in [1.54, 1.807) is 0 Å². The molecule has 21 aromatic carbocycles. The van der Waals surface area contributed by atoms with E-state index in [0.717, 1.165) is 94.1 Å². The molecule has 0 unspecified atom stereocenters. The van der Waals surface area contributed by atoms with Crippen molar-refractivity contribution in [3.63, 3.8) is 0 Å². The fourth-order valence-electron chi connectivity index (χ4n) is 25.3. The van der Waals surface area contributed by atoms with Crippen molar-refractivity contribution in [3.05, 3.63) is 565 Å². The van der Waals surface area contributed by atoms with Crippen LogP contribution in [0, 0.1) is 0 Å². The Bertz CT molecular complexity index is 9370. The molecule has 704 valence electrons. The molecule has 0 radical (unpaired) electrons. The smallest absolute Gasteiger partial charge is 0.0801 e. The van der Waals surface area contributed by atoms with Crippen LogP contribution >= 0.6 is 0 Å². The molecule has 6 heteroatoms. The molecule has 0 saturated carbocycles. The number of rotatable bonds is 10. The summed E-state index contributed by atoms with van der Waals surface area (Å²) in [5.41, 5.74) is 46.0. The van der Waals surface area contributed by atoms with E-state index in [4.69, 9.17) is 15.0 Å². The lowest BCUT2D eigenvalue weighted by Crippen LogP contribution is -2.30. The van der Waals surface area contributed by atoms with Gasteiger partial charge in [0.15, 0.2) is 0 Å². The maximum atomic E-state index is 5.02. The first kappa shape index (κ1) is 88.9. The molecule has 0 fully saturated rings. The van der Waals surface area contributed by atoms with E-state index in [1.807, 2.05) is 36.8 Å². The van der Waals surface area contributed by atoms with Gasteiger partial charge in [0, 0.05) is 78.9 Å². The Morgan fingerprint density at radius 2 is 0.541 bits per heavy atom. The van der Waals surface area contributed by atoms with Gasteiger partial charge in [0.25, 0.3) is 0 Å². The van der Waals surface area contributed by atoms with Crippen molar-refractivity contribution in [2.24, 2.45) is 0 Å². The van der Waals surface area contributed by atoms with Crippen molar-refractivity contribution in [1.29, 1.82) is 0 Å². The largest absolute Gasteiger partial charge is 0.310 e. The lowest BCUT2D eigenvalue weighted by Gasteiger charge is -2.42. The molecule has 4 aliphatic carbocycles. The molecular formula is C142H106N6. The van der Waals surface area contributed by atoms with Gasteiger partial charge in [0.05, 0.1) is 61.5 Å². The quantitative estimate of drug-likeness (QED) is 0.127. The standard InChI is InChI=1S/C58H48N2.C50H32N2.C34H26N2/c1-56(2,3)41-25-30-46-47-31-26-42(57(4,5)6)35-51(47)58(50(46)34-41)49-19-11-10-18-45(49)48-32-29-44(36-52(48)58)60(43-27-23-38(24-28-43)37-14-8-7-9-15-37)53-20-12-16-39-21-22-40-17-13-33-59-55(40)54(39)53;1-2-13-33(14-3-1)34-28-30-37(31-29-34)52(45-24-10-15-35-26-27-36-16-12-32-51-49(36)47(35)45)46-25-11-23-44-48(46)40-19-6-9-22-43(40)50(44)41-20-7-4-17-38(41)39-18-5-8-21-42(39)50;1-34(2)27-14-6-7-15-29(27)36(30-20-19-26(22-28(30)34)23-10-4-3-5-11-23)31-16-8-12-24-17-18-25-13-9-21-35-33(25)32(24)31/h7-36H,1-6H3;1-32H;3-22H,1-2H3. The predicted octanol–water partition coefficient (Wildman–Crippen LogP) is 37.5. The maximum Gasteiger partial charge on any atom is 0.0801 e. The zero-order valence-corrected chi connectivity index (χ0v) is 84.0. The Labute approximate surface area is 864 Å². The number of nitrogens with zero attached hydrogens (tertiary/aromatic N) is 6. The highest BCUT2D eigenvalue weighted by atomic mass is 15.2. The first-order chi connectivity index (χ1) is 72.5. The van der Waals surface area contributed by atoms with Crippen LogP contribution in [0.2, 0.25) is 0 Å². The summed E-state index contributed by atoms with van der Waals surface area (Å²) in [6, 6.07) is 177. The van der Waals surface area contributed by atoms with Crippen LogP contribution in [0.25, 0.3) is 143 Å². The van der Waals surface area contributed by atoms with Crippen LogP contribution in [-0.2, 0) is 27.1 Å². The van der Waals surface area contributed by atoms with Crippen LogP contribution < -0.4 is 14.7 Å². The minimum atomic E-state index is -0.509. The fraction of sp³-hybridized carbons (Fsp3) is 0.0915. The van der Waals surface area contributed by atoms with Crippen molar-refractivity contribution in [2.45, 2.75) is 82.5 Å². The van der Waals surface area contributed by atoms with E-state index in [1.165, 1.54) is 167 Å². The fourth-order valence-corrected chi connectivity index (χ4v) is 25.3.